The lowest BCUT2D eigenvalue weighted by Crippen LogP contribution is -2.19. The molecule has 0 atom stereocenters. The fraction of sp³-hybridized carbons (Fsp3) is 0.368. The highest BCUT2D eigenvalue weighted by Crippen LogP contribution is 2.32. The second-order valence-electron chi connectivity index (χ2n) is 6.57. The SMILES string of the molecule is Cc1cc(C=C2CC(C#N)CC(=Cc3cc(C)nn3C)C2=O)n(C)n1. The fourth-order valence-electron chi connectivity index (χ4n) is 3.22. The molecule has 128 valence electrons. The third-order valence-electron chi connectivity index (χ3n) is 4.42. The Kier molecular flexibility index (Phi) is 4.41. The maximum Gasteiger partial charge on any atom is 0.185 e. The minimum absolute atomic E-state index is 0.00389. The molecule has 1 aliphatic rings. The number of Topliss-reactive ketones (excluding diaryl/α,β-unsaturated/α-hetero) is 1. The number of carbonyl (C=O) groups excluding carboxylic acids is 1. The van der Waals surface area contributed by atoms with Crippen molar-refractivity contribution in [3.8, 4) is 6.07 Å². The van der Waals surface area contributed by atoms with Crippen molar-refractivity contribution in [1.82, 2.24) is 19.6 Å². The number of carbonyl (C=O) groups is 1. The van der Waals surface area contributed by atoms with Crippen molar-refractivity contribution in [3.63, 3.8) is 0 Å². The molecule has 2 aromatic heterocycles. The summed E-state index contributed by atoms with van der Waals surface area (Å²) in [5, 5.41) is 18.0. The summed E-state index contributed by atoms with van der Waals surface area (Å²) >= 11 is 0. The molecule has 0 saturated heterocycles. The number of rotatable bonds is 2. The predicted octanol–water partition coefficient (Wildman–Crippen LogP) is 2.74. The zero-order valence-electron chi connectivity index (χ0n) is 14.9. The molecule has 0 amide bonds. The summed E-state index contributed by atoms with van der Waals surface area (Å²) < 4.78 is 3.50. The van der Waals surface area contributed by atoms with Gasteiger partial charge in [0.2, 0.25) is 0 Å². The zero-order chi connectivity index (χ0) is 18.1. The van der Waals surface area contributed by atoms with Crippen molar-refractivity contribution in [2.75, 3.05) is 0 Å². The molecule has 0 N–H and O–H groups in total. The smallest absolute Gasteiger partial charge is 0.185 e. The van der Waals surface area contributed by atoms with Crippen LogP contribution in [0.1, 0.15) is 35.6 Å². The summed E-state index contributed by atoms with van der Waals surface area (Å²) in [6, 6.07) is 6.19. The summed E-state index contributed by atoms with van der Waals surface area (Å²) in [5.41, 5.74) is 4.85. The zero-order valence-corrected chi connectivity index (χ0v) is 14.9. The Morgan fingerprint density at radius 3 is 1.80 bits per heavy atom. The van der Waals surface area contributed by atoms with Gasteiger partial charge < -0.3 is 0 Å². The van der Waals surface area contributed by atoms with Gasteiger partial charge in [-0.15, -0.1) is 0 Å². The summed E-state index contributed by atoms with van der Waals surface area (Å²) in [7, 11) is 3.70. The van der Waals surface area contributed by atoms with Crippen molar-refractivity contribution in [3.05, 3.63) is 46.1 Å². The third-order valence-corrected chi connectivity index (χ3v) is 4.42. The average molecular weight is 335 g/mol. The normalized spacial score (nSPS) is 21.1. The molecule has 1 aliphatic carbocycles. The molecule has 0 radical (unpaired) electrons. The monoisotopic (exact) mass is 335 g/mol. The molecule has 3 rings (SSSR count). The second kappa shape index (κ2) is 6.52. The van der Waals surface area contributed by atoms with Gasteiger partial charge in [-0.05, 0) is 51.0 Å². The van der Waals surface area contributed by atoms with Gasteiger partial charge in [-0.25, -0.2) is 0 Å². The third kappa shape index (κ3) is 3.45. The van der Waals surface area contributed by atoms with E-state index in [1.165, 1.54) is 0 Å². The number of allylic oxidation sites excluding steroid dienone is 2. The van der Waals surface area contributed by atoms with Crippen molar-refractivity contribution in [2.45, 2.75) is 26.7 Å². The Hall–Kier alpha value is -2.94. The van der Waals surface area contributed by atoms with E-state index in [0.717, 1.165) is 22.8 Å². The highest BCUT2D eigenvalue weighted by atomic mass is 16.1. The number of ketones is 1. The van der Waals surface area contributed by atoms with Crippen LogP contribution in [0, 0.1) is 31.1 Å². The van der Waals surface area contributed by atoms with Gasteiger partial charge in [-0.1, -0.05) is 0 Å². The van der Waals surface area contributed by atoms with Gasteiger partial charge in [0.05, 0.1) is 34.8 Å². The van der Waals surface area contributed by atoms with E-state index in [-0.39, 0.29) is 11.7 Å². The summed E-state index contributed by atoms with van der Waals surface area (Å²) in [4.78, 5) is 12.9. The van der Waals surface area contributed by atoms with Crippen LogP contribution in [-0.4, -0.2) is 25.3 Å². The number of hydrogen-bond acceptors (Lipinski definition) is 4. The molecule has 2 aromatic rings. The van der Waals surface area contributed by atoms with Crippen molar-refractivity contribution in [1.29, 1.82) is 5.26 Å². The van der Waals surface area contributed by atoms with Crippen LogP contribution in [0.2, 0.25) is 0 Å². The Labute approximate surface area is 147 Å². The second-order valence-corrected chi connectivity index (χ2v) is 6.57. The molecule has 0 spiro atoms. The van der Waals surface area contributed by atoms with Crippen molar-refractivity contribution in [2.24, 2.45) is 20.0 Å². The van der Waals surface area contributed by atoms with Gasteiger partial charge in [-0.3, -0.25) is 14.2 Å². The maximum absolute atomic E-state index is 12.9. The Bertz CT molecular complexity index is 867. The first-order valence-electron chi connectivity index (χ1n) is 8.24. The lowest BCUT2D eigenvalue weighted by molar-refractivity contribution is -0.113. The van der Waals surface area contributed by atoms with Gasteiger partial charge in [0.15, 0.2) is 5.78 Å². The Balaban J connectivity index is 2.01. The van der Waals surface area contributed by atoms with E-state index < -0.39 is 0 Å². The van der Waals surface area contributed by atoms with Gasteiger partial charge >= 0.3 is 0 Å². The van der Waals surface area contributed by atoms with Gasteiger partial charge in [0.25, 0.3) is 0 Å². The first-order valence-corrected chi connectivity index (χ1v) is 8.24. The number of aryl methyl sites for hydroxylation is 4. The van der Waals surface area contributed by atoms with Gasteiger partial charge in [0.1, 0.15) is 0 Å². The highest BCUT2D eigenvalue weighted by Gasteiger charge is 2.28. The van der Waals surface area contributed by atoms with Crippen LogP contribution >= 0.6 is 0 Å². The number of nitriles is 1. The lowest BCUT2D eigenvalue weighted by Gasteiger charge is -2.20. The van der Waals surface area contributed by atoms with Crippen molar-refractivity contribution >= 4 is 17.9 Å². The van der Waals surface area contributed by atoms with E-state index in [0.29, 0.717) is 24.0 Å². The Morgan fingerprint density at radius 2 is 1.48 bits per heavy atom. The first-order chi connectivity index (χ1) is 11.9. The fourth-order valence-corrected chi connectivity index (χ4v) is 3.22. The Morgan fingerprint density at radius 1 is 1.04 bits per heavy atom. The average Bonchev–Trinajstić information content (AvgIpc) is 3.03. The van der Waals surface area contributed by atoms with Crippen LogP contribution in [0.4, 0.5) is 0 Å². The molecule has 6 nitrogen and oxygen atoms in total. The summed E-state index contributed by atoms with van der Waals surface area (Å²) in [6.45, 7) is 3.83. The summed E-state index contributed by atoms with van der Waals surface area (Å²) in [6.07, 6.45) is 4.66. The molecule has 0 unspecified atom stereocenters. The molecular weight excluding hydrogens is 314 g/mol. The summed E-state index contributed by atoms with van der Waals surface area (Å²) in [5.74, 6) is -0.192. The lowest BCUT2D eigenvalue weighted by atomic mass is 9.81. The van der Waals surface area contributed by atoms with Crippen LogP contribution in [0.25, 0.3) is 12.2 Å². The maximum atomic E-state index is 12.9. The molecule has 0 bridgehead atoms. The van der Waals surface area contributed by atoms with E-state index in [4.69, 9.17) is 0 Å². The molecular formula is C19H21N5O. The predicted molar refractivity (Wildman–Crippen MR) is 95.2 cm³/mol. The molecule has 1 saturated carbocycles. The molecule has 0 aliphatic heterocycles. The van der Waals surface area contributed by atoms with Crippen LogP contribution in [0.3, 0.4) is 0 Å². The number of aromatic nitrogens is 4. The number of hydrogen-bond donors (Lipinski definition) is 0. The molecule has 0 aromatic carbocycles. The number of nitrogens with zero attached hydrogens (tertiary/aromatic N) is 5. The van der Waals surface area contributed by atoms with E-state index in [1.807, 2.05) is 52.2 Å². The van der Waals surface area contributed by atoms with Gasteiger partial charge in [-0.2, -0.15) is 15.5 Å². The van der Waals surface area contributed by atoms with E-state index in [9.17, 15) is 10.1 Å². The minimum Gasteiger partial charge on any atom is -0.289 e. The topological polar surface area (TPSA) is 76.5 Å². The van der Waals surface area contributed by atoms with Crippen LogP contribution < -0.4 is 0 Å². The highest BCUT2D eigenvalue weighted by molar-refractivity contribution is 6.14. The van der Waals surface area contributed by atoms with Crippen LogP contribution in [0.5, 0.6) is 0 Å². The van der Waals surface area contributed by atoms with E-state index >= 15 is 0 Å². The quantitative estimate of drug-likeness (QED) is 0.791. The minimum atomic E-state index is -0.196. The molecule has 1 fully saturated rings. The first kappa shape index (κ1) is 16.9. The van der Waals surface area contributed by atoms with Crippen molar-refractivity contribution < 1.29 is 4.79 Å². The van der Waals surface area contributed by atoms with Gasteiger partial charge in [0, 0.05) is 25.2 Å². The molecule has 6 heteroatoms. The van der Waals surface area contributed by atoms with Crippen LogP contribution in [-0.2, 0) is 18.9 Å². The molecule has 2 heterocycles. The largest absolute Gasteiger partial charge is 0.289 e. The van der Waals surface area contributed by atoms with E-state index in [2.05, 4.69) is 16.3 Å². The van der Waals surface area contributed by atoms with E-state index in [1.54, 1.807) is 9.36 Å². The van der Waals surface area contributed by atoms with Crippen LogP contribution in [0.15, 0.2) is 23.3 Å². The molecule has 25 heavy (non-hydrogen) atoms. The standard InChI is InChI=1S/C19H21N5O/c1-12-5-17(23(3)21-12)9-15-7-14(11-20)8-16(19(15)25)10-18-6-13(2)22-24(18)4/h5-6,9-10,14H,7-8H2,1-4H3.